The molecule has 0 N–H and O–H groups in total. The maximum atomic E-state index is 5.34. The molecule has 0 fully saturated rings. The molecule has 11 aromatic rings. The van der Waals surface area contributed by atoms with E-state index in [9.17, 15) is 0 Å². The van der Waals surface area contributed by atoms with E-state index in [1.807, 2.05) is 0 Å². The Labute approximate surface area is 325 Å². The fourth-order valence-corrected chi connectivity index (χ4v) is 8.46. The molecule has 0 saturated heterocycles. The second kappa shape index (κ2) is 13.1. The van der Waals surface area contributed by atoms with Crippen LogP contribution in [0.2, 0.25) is 0 Å². The van der Waals surface area contributed by atoms with E-state index < -0.39 is 0 Å². The van der Waals surface area contributed by atoms with Gasteiger partial charge in [0.05, 0.1) is 27.8 Å². The first-order valence-corrected chi connectivity index (χ1v) is 19.1. The molecule has 0 unspecified atom stereocenters. The van der Waals surface area contributed by atoms with Gasteiger partial charge in [0.1, 0.15) is 5.82 Å². The standard InChI is InChI=1S/C53H35N3/c1-3-13-36(14-4-1)37-25-27-38(28-26-37)39-15-11-16-42(33-39)48-21-12-24-53(54-48)56-50-23-10-7-19-44(50)46-31-29-41(35-52(46)56)40-30-32-51-47(34-40)45-20-8-9-22-49(45)55(51)43-17-5-2-6-18-43/h1-35H. The molecule has 262 valence electrons. The smallest absolute Gasteiger partial charge is 0.138 e. The number of hydrogen-bond donors (Lipinski definition) is 0. The highest BCUT2D eigenvalue weighted by Gasteiger charge is 2.17. The third-order valence-corrected chi connectivity index (χ3v) is 11.1. The van der Waals surface area contributed by atoms with E-state index in [4.69, 9.17) is 4.98 Å². The lowest BCUT2D eigenvalue weighted by Gasteiger charge is -2.11. The summed E-state index contributed by atoms with van der Waals surface area (Å²) in [5.41, 5.74) is 15.0. The Morgan fingerprint density at radius 2 is 0.768 bits per heavy atom. The summed E-state index contributed by atoms with van der Waals surface area (Å²) in [5, 5.41) is 4.91. The number of nitrogens with zero attached hydrogens (tertiary/aromatic N) is 3. The third kappa shape index (κ3) is 5.32. The van der Waals surface area contributed by atoms with E-state index in [1.54, 1.807) is 0 Å². The Morgan fingerprint density at radius 3 is 1.55 bits per heavy atom. The van der Waals surface area contributed by atoms with Crippen LogP contribution in [0.1, 0.15) is 0 Å². The van der Waals surface area contributed by atoms with Crippen LogP contribution < -0.4 is 0 Å². The van der Waals surface area contributed by atoms with Gasteiger partial charge in [0, 0.05) is 32.8 Å². The van der Waals surface area contributed by atoms with E-state index >= 15 is 0 Å². The zero-order chi connectivity index (χ0) is 37.0. The Bertz CT molecular complexity index is 3230. The molecule has 3 heterocycles. The molecule has 0 spiro atoms. The molecule has 0 radical (unpaired) electrons. The quantitative estimate of drug-likeness (QED) is 0.168. The minimum Gasteiger partial charge on any atom is -0.309 e. The Kier molecular flexibility index (Phi) is 7.49. The van der Waals surface area contributed by atoms with Crippen molar-refractivity contribution in [1.29, 1.82) is 0 Å². The van der Waals surface area contributed by atoms with Crippen molar-refractivity contribution in [3.05, 3.63) is 212 Å². The molecule has 3 heteroatoms. The van der Waals surface area contributed by atoms with E-state index in [-0.39, 0.29) is 0 Å². The number of fused-ring (bicyclic) bond motifs is 6. The van der Waals surface area contributed by atoms with E-state index in [1.165, 1.54) is 66.0 Å². The summed E-state index contributed by atoms with van der Waals surface area (Å²) in [7, 11) is 0. The molecule has 3 nitrogen and oxygen atoms in total. The largest absolute Gasteiger partial charge is 0.309 e. The fourth-order valence-electron chi connectivity index (χ4n) is 8.46. The predicted molar refractivity (Wildman–Crippen MR) is 235 cm³/mol. The maximum Gasteiger partial charge on any atom is 0.138 e. The highest BCUT2D eigenvalue weighted by Crippen LogP contribution is 2.38. The highest BCUT2D eigenvalue weighted by atomic mass is 15.1. The second-order valence-corrected chi connectivity index (χ2v) is 14.4. The van der Waals surface area contributed by atoms with Gasteiger partial charge in [0.15, 0.2) is 0 Å². The Morgan fingerprint density at radius 1 is 0.268 bits per heavy atom. The van der Waals surface area contributed by atoms with Crippen molar-refractivity contribution < 1.29 is 0 Å². The number of benzene rings is 8. The van der Waals surface area contributed by atoms with Crippen LogP contribution in [-0.2, 0) is 0 Å². The monoisotopic (exact) mass is 713 g/mol. The molecule has 3 aromatic heterocycles. The van der Waals surface area contributed by atoms with Gasteiger partial charge in [-0.2, -0.15) is 0 Å². The number of hydrogen-bond acceptors (Lipinski definition) is 1. The summed E-state index contributed by atoms with van der Waals surface area (Å²) in [4.78, 5) is 5.34. The van der Waals surface area contributed by atoms with Gasteiger partial charge in [0.25, 0.3) is 0 Å². The van der Waals surface area contributed by atoms with Crippen LogP contribution in [0.25, 0.3) is 99.8 Å². The predicted octanol–water partition coefficient (Wildman–Crippen LogP) is 13.9. The number of para-hydroxylation sites is 3. The van der Waals surface area contributed by atoms with Gasteiger partial charge in [-0.15, -0.1) is 0 Å². The van der Waals surface area contributed by atoms with Crippen LogP contribution in [0, 0.1) is 0 Å². The summed E-state index contributed by atoms with van der Waals surface area (Å²) < 4.78 is 4.69. The normalized spacial score (nSPS) is 11.6. The first kappa shape index (κ1) is 32.0. The Balaban J connectivity index is 1.01. The fraction of sp³-hybridized carbons (Fsp3) is 0. The van der Waals surface area contributed by atoms with Gasteiger partial charge in [-0.25, -0.2) is 4.98 Å². The topological polar surface area (TPSA) is 22.8 Å². The van der Waals surface area contributed by atoms with Gasteiger partial charge in [-0.3, -0.25) is 4.57 Å². The molecule has 56 heavy (non-hydrogen) atoms. The zero-order valence-electron chi connectivity index (χ0n) is 30.5. The van der Waals surface area contributed by atoms with Crippen molar-refractivity contribution in [2.75, 3.05) is 0 Å². The SMILES string of the molecule is c1ccc(-c2ccc(-c3cccc(-c4cccc(-n5c6ccccc6c6ccc(-c7ccc8c(c7)c7ccccc7n8-c7ccccc7)cc65)n4)c3)cc2)cc1. The molecule has 0 saturated carbocycles. The molecule has 0 amide bonds. The number of aromatic nitrogens is 3. The van der Waals surface area contributed by atoms with Crippen LogP contribution in [-0.4, -0.2) is 14.1 Å². The molecular formula is C53H35N3. The van der Waals surface area contributed by atoms with E-state index in [0.717, 1.165) is 33.8 Å². The van der Waals surface area contributed by atoms with Gasteiger partial charge in [-0.1, -0.05) is 152 Å². The van der Waals surface area contributed by atoms with Crippen molar-refractivity contribution in [3.63, 3.8) is 0 Å². The summed E-state index contributed by atoms with van der Waals surface area (Å²) >= 11 is 0. The molecule has 0 aliphatic rings. The lowest BCUT2D eigenvalue weighted by molar-refractivity contribution is 1.08. The van der Waals surface area contributed by atoms with E-state index in [0.29, 0.717) is 0 Å². The van der Waals surface area contributed by atoms with Crippen LogP contribution in [0.5, 0.6) is 0 Å². The number of rotatable bonds is 6. The van der Waals surface area contributed by atoms with Crippen LogP contribution in [0.3, 0.4) is 0 Å². The van der Waals surface area contributed by atoms with Gasteiger partial charge in [0.2, 0.25) is 0 Å². The molecule has 0 aliphatic heterocycles. The van der Waals surface area contributed by atoms with Gasteiger partial charge >= 0.3 is 0 Å². The van der Waals surface area contributed by atoms with Crippen molar-refractivity contribution in [1.82, 2.24) is 14.1 Å². The number of pyridine rings is 1. The zero-order valence-corrected chi connectivity index (χ0v) is 30.5. The van der Waals surface area contributed by atoms with Crippen molar-refractivity contribution in [2.24, 2.45) is 0 Å². The average molecular weight is 714 g/mol. The van der Waals surface area contributed by atoms with Gasteiger partial charge < -0.3 is 4.57 Å². The van der Waals surface area contributed by atoms with Gasteiger partial charge in [-0.05, 0) is 94.0 Å². The molecular weight excluding hydrogens is 679 g/mol. The van der Waals surface area contributed by atoms with Crippen LogP contribution in [0.15, 0.2) is 212 Å². The first-order chi connectivity index (χ1) is 27.8. The third-order valence-electron chi connectivity index (χ3n) is 11.1. The lowest BCUT2D eigenvalue weighted by Crippen LogP contribution is -1.98. The van der Waals surface area contributed by atoms with Crippen LogP contribution in [0.4, 0.5) is 0 Å². The van der Waals surface area contributed by atoms with Crippen LogP contribution >= 0.6 is 0 Å². The highest BCUT2D eigenvalue weighted by molar-refractivity contribution is 6.12. The lowest BCUT2D eigenvalue weighted by atomic mass is 9.98. The van der Waals surface area contributed by atoms with Crippen molar-refractivity contribution >= 4 is 43.6 Å². The second-order valence-electron chi connectivity index (χ2n) is 14.4. The first-order valence-electron chi connectivity index (χ1n) is 19.1. The van der Waals surface area contributed by atoms with Crippen molar-refractivity contribution in [3.8, 4) is 56.1 Å². The minimum atomic E-state index is 0.893. The van der Waals surface area contributed by atoms with E-state index in [2.05, 4.69) is 221 Å². The molecule has 8 aromatic carbocycles. The average Bonchev–Trinajstić information content (AvgIpc) is 3.79. The molecule has 0 aliphatic carbocycles. The summed E-state index contributed by atoms with van der Waals surface area (Å²) in [5.74, 6) is 0.893. The maximum absolute atomic E-state index is 5.34. The molecule has 11 rings (SSSR count). The van der Waals surface area contributed by atoms with Crippen molar-refractivity contribution in [2.45, 2.75) is 0 Å². The molecule has 0 bridgehead atoms. The summed E-state index contributed by atoms with van der Waals surface area (Å²) in [6, 6.07) is 76.2. The summed E-state index contributed by atoms with van der Waals surface area (Å²) in [6.07, 6.45) is 0. The molecule has 0 atom stereocenters. The summed E-state index contributed by atoms with van der Waals surface area (Å²) in [6.45, 7) is 0. The Hall–Kier alpha value is -7.49. The minimum absolute atomic E-state index is 0.893.